The number of nitro groups is 1. The zero-order valence-corrected chi connectivity index (χ0v) is 48.5. The van der Waals surface area contributed by atoms with Gasteiger partial charge in [-0.25, -0.2) is 18.1 Å². The highest BCUT2D eigenvalue weighted by atomic mass is 35.5. The van der Waals surface area contributed by atoms with E-state index in [-0.39, 0.29) is 77.7 Å². The molecule has 4 aromatic carbocycles. The molecule has 0 saturated carbocycles. The van der Waals surface area contributed by atoms with Crippen molar-refractivity contribution in [1.82, 2.24) is 34.7 Å². The monoisotopic (exact) mass is 1190 g/mol. The standard InChI is InChI=1S/C61H64ClN11O11S/c1-61(2)21-18-40(47(32-61)38-8-10-41(62)11-9-38)36-69-25-27-70(28-26-69)42-12-14-45(52(30-42)84-43-29-39-19-22-64-56(39)66-34-43)57(76)68-85(82,83)44-13-15-48(51(31-44)73(80)81)65-33-37-5-4-24-71(35-37)54(75)20-23-63-49-7-3-6-46-55(49)60(79)72(59(46)78)50-16-17-53(74)67-58(50)77/h3,6-15,19,22,29-31,34,37,50,63,65H,4-5,16-18,20-21,23-28,32-33,35-36H2,1-2H3,(H,64,66)(H,68,76)(H,67,74,77). The van der Waals surface area contributed by atoms with Gasteiger partial charge in [-0.1, -0.05) is 49.2 Å². The predicted molar refractivity (Wildman–Crippen MR) is 319 cm³/mol. The Labute approximate surface area is 495 Å². The number of sulfonamides is 1. The number of benzene rings is 4. The highest BCUT2D eigenvalue weighted by Gasteiger charge is 2.46. The fourth-order valence-electron chi connectivity index (χ4n) is 12.0. The Balaban J connectivity index is 0.721. The van der Waals surface area contributed by atoms with Crippen molar-refractivity contribution in [2.45, 2.75) is 76.2 Å². The number of aromatic nitrogens is 2. The number of carbonyl (C=O) groups excluding carboxylic acids is 6. The molecule has 1 aliphatic carbocycles. The molecule has 22 nitrogen and oxygen atoms in total. The SMILES string of the molecule is CC1(C)CCC(CN2CCN(c3ccc(C(=O)NS(=O)(=O)c4ccc(NCC5CCCN(C(=O)CCNc6cccc7c6C(=O)N(C6CCC(=O)NC6=O)C7=O)C5)c([N+](=O)[O-])c4)c(Oc4cnc5[nH]ccc5c4)c3)CC2)=C(c2ccc(Cl)cc2)C1. The molecule has 2 atom stereocenters. The number of halogens is 1. The summed E-state index contributed by atoms with van der Waals surface area (Å²) in [4.78, 5) is 105. The van der Waals surface area contributed by atoms with Gasteiger partial charge in [0.1, 0.15) is 28.9 Å². The molecule has 0 radical (unpaired) electrons. The number of nitrogens with one attached hydrogen (secondary N) is 5. The highest BCUT2D eigenvalue weighted by Crippen LogP contribution is 2.44. The van der Waals surface area contributed by atoms with E-state index in [0.717, 1.165) is 60.9 Å². The van der Waals surface area contributed by atoms with Crippen LogP contribution in [0, 0.1) is 21.4 Å². The zero-order chi connectivity index (χ0) is 59.7. The number of nitro benzene ring substituents is 1. The minimum atomic E-state index is -4.70. The molecule has 5 N–H and O–H groups in total. The van der Waals surface area contributed by atoms with Crippen molar-refractivity contribution >= 4 is 96.4 Å². The Morgan fingerprint density at radius 2 is 1.69 bits per heavy atom. The lowest BCUT2D eigenvalue weighted by Crippen LogP contribution is -2.54. The van der Waals surface area contributed by atoms with E-state index in [9.17, 15) is 47.3 Å². The number of allylic oxidation sites excluding steroid dienone is 1. The molecule has 442 valence electrons. The molecule has 3 fully saturated rings. The Morgan fingerprint density at radius 3 is 2.47 bits per heavy atom. The van der Waals surface area contributed by atoms with E-state index in [4.69, 9.17) is 16.3 Å². The van der Waals surface area contributed by atoms with Gasteiger partial charge >= 0.3 is 0 Å². The summed E-state index contributed by atoms with van der Waals surface area (Å²) in [5.41, 5.74) is 5.52. The summed E-state index contributed by atoms with van der Waals surface area (Å²) in [5.74, 6) is -3.46. The molecule has 24 heteroatoms. The molecular formula is C61H64ClN11O11S. The van der Waals surface area contributed by atoms with Crippen LogP contribution < -0.4 is 30.3 Å². The molecule has 2 unspecified atom stereocenters. The number of H-pyrrole nitrogens is 1. The summed E-state index contributed by atoms with van der Waals surface area (Å²) in [7, 11) is -4.70. The molecule has 11 rings (SSSR count). The van der Waals surface area contributed by atoms with Crippen LogP contribution in [0.25, 0.3) is 16.6 Å². The van der Waals surface area contributed by atoms with E-state index in [1.807, 2.05) is 18.2 Å². The van der Waals surface area contributed by atoms with Crippen LogP contribution in [-0.4, -0.2) is 138 Å². The molecule has 4 aliphatic heterocycles. The van der Waals surface area contributed by atoms with Crippen LogP contribution >= 0.6 is 11.6 Å². The number of carbonyl (C=O) groups is 6. The largest absolute Gasteiger partial charge is 0.455 e. The third-order valence-electron chi connectivity index (χ3n) is 16.6. The number of rotatable bonds is 18. The first kappa shape index (κ1) is 58.1. The third kappa shape index (κ3) is 12.7. The first-order valence-corrected chi connectivity index (χ1v) is 30.3. The van der Waals surface area contributed by atoms with E-state index in [1.165, 1.54) is 47.2 Å². The van der Waals surface area contributed by atoms with Crippen LogP contribution in [0.3, 0.4) is 0 Å². The van der Waals surface area contributed by atoms with E-state index in [0.29, 0.717) is 61.1 Å². The number of piperidine rings is 2. The predicted octanol–water partition coefficient (Wildman–Crippen LogP) is 8.38. The van der Waals surface area contributed by atoms with Crippen LogP contribution in [0.2, 0.25) is 5.02 Å². The molecule has 6 amide bonds. The van der Waals surface area contributed by atoms with Gasteiger partial charge in [-0.2, -0.15) is 0 Å². The molecule has 2 aromatic heterocycles. The fraction of sp³-hybridized carbons (Fsp3) is 0.361. The summed E-state index contributed by atoms with van der Waals surface area (Å²) >= 11 is 6.27. The topological polar surface area (TPSA) is 279 Å². The number of imide groups is 2. The third-order valence-corrected chi connectivity index (χ3v) is 18.2. The van der Waals surface area contributed by atoms with E-state index in [2.05, 4.69) is 66.4 Å². The van der Waals surface area contributed by atoms with Gasteiger partial charge < -0.3 is 30.2 Å². The average Bonchev–Trinajstić information content (AvgIpc) is 2.20. The van der Waals surface area contributed by atoms with Gasteiger partial charge in [-0.3, -0.25) is 54.0 Å². The summed E-state index contributed by atoms with van der Waals surface area (Å²) in [6.45, 7) is 9.54. The molecule has 3 saturated heterocycles. The van der Waals surface area contributed by atoms with Crippen molar-refractivity contribution in [1.29, 1.82) is 0 Å². The fourth-order valence-corrected chi connectivity index (χ4v) is 13.1. The van der Waals surface area contributed by atoms with Gasteiger partial charge in [0, 0.05) is 112 Å². The van der Waals surface area contributed by atoms with E-state index >= 15 is 0 Å². The van der Waals surface area contributed by atoms with Crippen molar-refractivity contribution in [3.05, 3.63) is 146 Å². The van der Waals surface area contributed by atoms with Crippen molar-refractivity contribution in [2.24, 2.45) is 11.3 Å². The van der Waals surface area contributed by atoms with Gasteiger partial charge in [-0.05, 0) is 122 Å². The Bertz CT molecular complexity index is 3820. The number of fused-ring (bicyclic) bond motifs is 2. The second-order valence-corrected chi connectivity index (χ2v) is 25.1. The van der Waals surface area contributed by atoms with Gasteiger partial charge in [0.05, 0.1) is 32.7 Å². The molecule has 6 heterocycles. The number of pyridine rings is 1. The quantitative estimate of drug-likeness (QED) is 0.0307. The number of amides is 6. The summed E-state index contributed by atoms with van der Waals surface area (Å²) < 4.78 is 36.5. The molecular weight excluding hydrogens is 1130 g/mol. The molecule has 0 bridgehead atoms. The average molecular weight is 1190 g/mol. The first-order valence-electron chi connectivity index (χ1n) is 28.4. The summed E-state index contributed by atoms with van der Waals surface area (Å²) in [6.07, 6.45) is 7.73. The number of hydrogen-bond donors (Lipinski definition) is 5. The van der Waals surface area contributed by atoms with Gasteiger partial charge in [-0.15, -0.1) is 0 Å². The lowest BCUT2D eigenvalue weighted by atomic mass is 9.72. The molecule has 0 spiro atoms. The summed E-state index contributed by atoms with van der Waals surface area (Å²) in [6, 6.07) is 23.5. The van der Waals surface area contributed by atoms with Crippen LogP contribution in [0.15, 0.2) is 114 Å². The first-order chi connectivity index (χ1) is 40.8. The molecule has 6 aromatic rings. The van der Waals surface area contributed by atoms with Crippen LogP contribution in [0.5, 0.6) is 11.5 Å². The van der Waals surface area contributed by atoms with Crippen LogP contribution in [0.4, 0.5) is 22.7 Å². The maximum Gasteiger partial charge on any atom is 0.293 e. The Hall–Kier alpha value is -8.67. The number of likely N-dealkylation sites (tertiary alicyclic amines) is 1. The number of ether oxygens (including phenoxy) is 1. The lowest BCUT2D eigenvalue weighted by molar-refractivity contribution is -0.384. The maximum atomic E-state index is 14.2. The van der Waals surface area contributed by atoms with Crippen molar-refractivity contribution in [3.63, 3.8) is 0 Å². The van der Waals surface area contributed by atoms with Crippen LogP contribution in [0.1, 0.15) is 102 Å². The van der Waals surface area contributed by atoms with E-state index < -0.39 is 61.1 Å². The normalized spacial score (nSPS) is 19.2. The molecule has 85 heavy (non-hydrogen) atoms. The number of hydrogen-bond acceptors (Lipinski definition) is 16. The second-order valence-electron chi connectivity index (χ2n) is 23.0. The summed E-state index contributed by atoms with van der Waals surface area (Å²) in [5, 5.41) is 22.4. The van der Waals surface area contributed by atoms with Crippen molar-refractivity contribution in [3.8, 4) is 11.5 Å². The Morgan fingerprint density at radius 1 is 0.894 bits per heavy atom. The maximum absolute atomic E-state index is 14.2. The van der Waals surface area contributed by atoms with Gasteiger partial charge in [0.25, 0.3) is 33.4 Å². The minimum Gasteiger partial charge on any atom is -0.455 e. The minimum absolute atomic E-state index is 0.0115. The number of anilines is 3. The van der Waals surface area contributed by atoms with Crippen molar-refractivity contribution < 1.29 is 46.8 Å². The highest BCUT2D eigenvalue weighted by molar-refractivity contribution is 7.90. The number of piperazine rings is 1. The van der Waals surface area contributed by atoms with Gasteiger partial charge in [0.2, 0.25) is 17.7 Å². The lowest BCUT2D eigenvalue weighted by Gasteiger charge is -2.39. The van der Waals surface area contributed by atoms with Crippen molar-refractivity contribution in [2.75, 3.05) is 74.4 Å². The second kappa shape index (κ2) is 24.1. The zero-order valence-electron chi connectivity index (χ0n) is 47.0. The smallest absolute Gasteiger partial charge is 0.293 e. The molecule has 5 aliphatic rings. The number of nitrogens with zero attached hydrogens (tertiary/aromatic N) is 6. The van der Waals surface area contributed by atoms with E-state index in [1.54, 1.807) is 41.4 Å². The number of aromatic amines is 1. The van der Waals surface area contributed by atoms with Gasteiger partial charge in [0.15, 0.2) is 0 Å². The van der Waals surface area contributed by atoms with Crippen LogP contribution in [-0.2, 0) is 24.4 Å². The Kier molecular flexibility index (Phi) is 16.5.